The third-order valence-electron chi connectivity index (χ3n) is 5.15. The number of hydrogen-bond acceptors (Lipinski definition) is 5. The number of aromatic nitrogens is 2. The van der Waals surface area contributed by atoms with Gasteiger partial charge in [-0.2, -0.15) is 9.40 Å². The Morgan fingerprint density at radius 1 is 1.20 bits per heavy atom. The summed E-state index contributed by atoms with van der Waals surface area (Å²) in [5.41, 5.74) is 3.28. The number of nitrogens with zero attached hydrogens (tertiary/aromatic N) is 3. The van der Waals surface area contributed by atoms with Gasteiger partial charge >= 0.3 is 0 Å². The maximum Gasteiger partial charge on any atom is 0.254 e. The van der Waals surface area contributed by atoms with Gasteiger partial charge in [-0.15, -0.1) is 0 Å². The summed E-state index contributed by atoms with van der Waals surface area (Å²) in [6.07, 6.45) is 1.88. The monoisotopic (exact) mass is 434 g/mol. The number of amides is 1. The normalized spacial score (nSPS) is 20.3. The van der Waals surface area contributed by atoms with Crippen molar-refractivity contribution in [2.24, 2.45) is 0 Å². The quantitative estimate of drug-likeness (QED) is 0.719. The maximum absolute atomic E-state index is 12.7. The van der Waals surface area contributed by atoms with E-state index in [-0.39, 0.29) is 30.4 Å². The fraction of sp³-hybridized carbons (Fsp3) is 0.524. The van der Waals surface area contributed by atoms with Crippen molar-refractivity contribution < 1.29 is 17.9 Å². The van der Waals surface area contributed by atoms with Crippen molar-refractivity contribution in [1.82, 2.24) is 19.4 Å². The number of nitrogens with one attached hydrogen (secondary N) is 1. The van der Waals surface area contributed by atoms with E-state index in [1.807, 2.05) is 52.0 Å². The molecule has 1 amide bonds. The summed E-state index contributed by atoms with van der Waals surface area (Å²) in [6, 6.07) is 7.91. The molecule has 8 nitrogen and oxygen atoms in total. The second-order valence-corrected chi connectivity index (χ2v) is 9.84. The molecule has 1 aliphatic rings. The van der Waals surface area contributed by atoms with Gasteiger partial charge in [0, 0.05) is 19.6 Å². The number of hydrogen-bond donors (Lipinski definition) is 1. The standard InChI is InChI=1S/C21H30N4O4S/c1-5-20-19(12-23-25(20)18-8-6-15(2)7-9-18)21(26)22-10-11-30(27,28)24-13-16(3)29-17(4)14-24/h6-9,12,16-17H,5,10-11,13-14H2,1-4H3,(H,22,26). The molecule has 1 aromatic carbocycles. The summed E-state index contributed by atoms with van der Waals surface area (Å²) in [4.78, 5) is 12.7. The minimum absolute atomic E-state index is 0.0418. The molecule has 2 atom stereocenters. The highest BCUT2D eigenvalue weighted by Gasteiger charge is 2.30. The van der Waals surface area contributed by atoms with Gasteiger partial charge in [-0.05, 0) is 39.3 Å². The summed E-state index contributed by atoms with van der Waals surface area (Å²) >= 11 is 0. The second-order valence-electron chi connectivity index (χ2n) is 7.75. The van der Waals surface area contributed by atoms with Crippen LogP contribution in [0.15, 0.2) is 30.5 Å². The van der Waals surface area contributed by atoms with E-state index < -0.39 is 10.0 Å². The predicted molar refractivity (Wildman–Crippen MR) is 115 cm³/mol. The van der Waals surface area contributed by atoms with Gasteiger partial charge < -0.3 is 10.1 Å². The van der Waals surface area contributed by atoms with Crippen LogP contribution in [-0.2, 0) is 21.2 Å². The maximum atomic E-state index is 12.7. The molecule has 0 bridgehead atoms. The Bertz CT molecular complexity index is 975. The Labute approximate surface area is 178 Å². The van der Waals surface area contributed by atoms with Gasteiger partial charge in [0.1, 0.15) is 0 Å². The fourth-order valence-corrected chi connectivity index (χ4v) is 5.18. The number of aryl methyl sites for hydroxylation is 1. The van der Waals surface area contributed by atoms with Gasteiger partial charge in [0.25, 0.3) is 5.91 Å². The molecule has 1 aliphatic heterocycles. The van der Waals surface area contributed by atoms with Crippen molar-refractivity contribution in [3.63, 3.8) is 0 Å². The number of benzene rings is 1. The lowest BCUT2D eigenvalue weighted by Crippen LogP contribution is -2.49. The minimum atomic E-state index is -3.47. The summed E-state index contributed by atoms with van der Waals surface area (Å²) < 4.78 is 34.1. The minimum Gasteiger partial charge on any atom is -0.373 e. The molecule has 0 spiro atoms. The van der Waals surface area contributed by atoms with Crippen molar-refractivity contribution >= 4 is 15.9 Å². The average Bonchev–Trinajstić information content (AvgIpc) is 3.11. The summed E-state index contributed by atoms with van der Waals surface area (Å²) in [7, 11) is -3.47. The smallest absolute Gasteiger partial charge is 0.254 e. The van der Waals surface area contributed by atoms with Gasteiger partial charge in [-0.3, -0.25) is 4.79 Å². The van der Waals surface area contributed by atoms with Crippen molar-refractivity contribution in [3.05, 3.63) is 47.3 Å². The Kier molecular flexibility index (Phi) is 6.95. The molecule has 2 aromatic rings. The van der Waals surface area contributed by atoms with E-state index >= 15 is 0 Å². The van der Waals surface area contributed by atoms with E-state index in [0.29, 0.717) is 25.1 Å². The molecule has 1 aromatic heterocycles. The van der Waals surface area contributed by atoms with Crippen LogP contribution in [0.5, 0.6) is 0 Å². The lowest BCUT2D eigenvalue weighted by Gasteiger charge is -2.34. The number of morpholine rings is 1. The van der Waals surface area contributed by atoms with Gasteiger partial charge in [-0.1, -0.05) is 24.6 Å². The van der Waals surface area contributed by atoms with E-state index in [0.717, 1.165) is 16.9 Å². The largest absolute Gasteiger partial charge is 0.373 e. The highest BCUT2D eigenvalue weighted by molar-refractivity contribution is 7.89. The zero-order valence-electron chi connectivity index (χ0n) is 18.0. The average molecular weight is 435 g/mol. The van der Waals surface area contributed by atoms with E-state index in [9.17, 15) is 13.2 Å². The zero-order chi connectivity index (χ0) is 21.9. The SMILES string of the molecule is CCc1c(C(=O)NCCS(=O)(=O)N2CC(C)OC(C)C2)cnn1-c1ccc(C)cc1. The van der Waals surface area contributed by atoms with E-state index in [1.54, 1.807) is 4.68 Å². The van der Waals surface area contributed by atoms with Gasteiger partial charge in [0.2, 0.25) is 10.0 Å². The lowest BCUT2D eigenvalue weighted by molar-refractivity contribution is -0.0440. The summed E-state index contributed by atoms with van der Waals surface area (Å²) in [5.74, 6) is -0.463. The van der Waals surface area contributed by atoms with E-state index in [1.165, 1.54) is 10.5 Å². The van der Waals surface area contributed by atoms with Crippen molar-refractivity contribution in [2.45, 2.75) is 46.3 Å². The fourth-order valence-electron chi connectivity index (χ4n) is 3.69. The van der Waals surface area contributed by atoms with Crippen molar-refractivity contribution in [3.8, 4) is 5.69 Å². The summed E-state index contributed by atoms with van der Waals surface area (Å²) in [6.45, 7) is 8.41. The lowest BCUT2D eigenvalue weighted by atomic mass is 10.1. The number of sulfonamides is 1. The van der Waals surface area contributed by atoms with Crippen LogP contribution in [0.4, 0.5) is 0 Å². The highest BCUT2D eigenvalue weighted by Crippen LogP contribution is 2.17. The van der Waals surface area contributed by atoms with Crippen LogP contribution in [0.3, 0.4) is 0 Å². The second kappa shape index (κ2) is 9.28. The molecule has 1 saturated heterocycles. The molecular formula is C21H30N4O4S. The third kappa shape index (κ3) is 5.08. The molecule has 0 radical (unpaired) electrons. The Hall–Kier alpha value is -2.23. The molecule has 1 N–H and O–H groups in total. The molecular weight excluding hydrogens is 404 g/mol. The Balaban J connectivity index is 1.64. The first-order valence-corrected chi connectivity index (χ1v) is 11.9. The molecule has 2 unspecified atom stereocenters. The topological polar surface area (TPSA) is 93.5 Å². The van der Waals surface area contributed by atoms with Crippen LogP contribution < -0.4 is 5.32 Å². The van der Waals surface area contributed by atoms with Crippen LogP contribution in [0, 0.1) is 6.92 Å². The molecule has 0 aliphatic carbocycles. The van der Waals surface area contributed by atoms with Crippen molar-refractivity contribution in [2.75, 3.05) is 25.4 Å². The van der Waals surface area contributed by atoms with Crippen LogP contribution in [-0.4, -0.2) is 66.0 Å². The Morgan fingerprint density at radius 3 is 2.43 bits per heavy atom. The predicted octanol–water partition coefficient (Wildman–Crippen LogP) is 1.91. The molecule has 164 valence electrons. The van der Waals surface area contributed by atoms with Crippen LogP contribution >= 0.6 is 0 Å². The molecule has 9 heteroatoms. The molecule has 30 heavy (non-hydrogen) atoms. The first-order chi connectivity index (χ1) is 14.2. The molecule has 1 fully saturated rings. The highest BCUT2D eigenvalue weighted by atomic mass is 32.2. The van der Waals surface area contributed by atoms with Gasteiger partial charge in [0.05, 0.1) is 41.1 Å². The molecule has 2 heterocycles. The number of carbonyl (C=O) groups excluding carboxylic acids is 1. The van der Waals surface area contributed by atoms with E-state index in [2.05, 4.69) is 10.4 Å². The number of carbonyl (C=O) groups is 1. The molecule has 3 rings (SSSR count). The molecule has 0 saturated carbocycles. The third-order valence-corrected chi connectivity index (χ3v) is 6.96. The Morgan fingerprint density at radius 2 is 1.83 bits per heavy atom. The van der Waals surface area contributed by atoms with Crippen LogP contribution in [0.1, 0.15) is 42.4 Å². The summed E-state index contributed by atoms with van der Waals surface area (Å²) in [5, 5.41) is 7.11. The zero-order valence-corrected chi connectivity index (χ0v) is 18.8. The van der Waals surface area contributed by atoms with Crippen LogP contribution in [0.2, 0.25) is 0 Å². The van der Waals surface area contributed by atoms with Gasteiger partial charge in [-0.25, -0.2) is 13.1 Å². The number of ether oxygens (including phenoxy) is 1. The van der Waals surface area contributed by atoms with Crippen LogP contribution in [0.25, 0.3) is 5.69 Å². The number of rotatable bonds is 7. The van der Waals surface area contributed by atoms with Gasteiger partial charge in [0.15, 0.2) is 0 Å². The van der Waals surface area contributed by atoms with E-state index in [4.69, 9.17) is 4.74 Å². The first-order valence-electron chi connectivity index (χ1n) is 10.3. The van der Waals surface area contributed by atoms with Crippen molar-refractivity contribution in [1.29, 1.82) is 0 Å². The first kappa shape index (κ1) is 22.5.